The Hall–Kier alpha value is -1.46. The molecule has 2 nitrogen and oxygen atoms in total. The van der Waals surface area contributed by atoms with Gasteiger partial charge in [0.2, 0.25) is 0 Å². The van der Waals surface area contributed by atoms with Gasteiger partial charge in [-0.05, 0) is 42.5 Å². The molecule has 0 saturated heterocycles. The van der Waals surface area contributed by atoms with Crippen LogP contribution in [0.2, 0.25) is 0 Å². The lowest BCUT2D eigenvalue weighted by Crippen LogP contribution is -2.12. The third-order valence-electron chi connectivity index (χ3n) is 2.37. The first kappa shape index (κ1) is 13.0. The maximum Gasteiger partial charge on any atom is 0.124 e. The third kappa shape index (κ3) is 3.05. The average Bonchev–Trinajstić information content (AvgIpc) is 2.34. The largest absolute Gasteiger partial charge is 0.389 e. The topological polar surface area (TPSA) is 38.0 Å². The quantitative estimate of drug-likeness (QED) is 0.839. The maximum atomic E-state index is 13.2. The molecule has 0 heterocycles. The molecule has 0 bridgehead atoms. The zero-order valence-corrected chi connectivity index (χ0v) is 11.7. The lowest BCUT2D eigenvalue weighted by molar-refractivity contribution is 0.628. The molecule has 0 aliphatic heterocycles. The Kier molecular flexibility index (Phi) is 3.93. The summed E-state index contributed by atoms with van der Waals surface area (Å²) in [4.78, 5) is 0.161. The van der Waals surface area contributed by atoms with E-state index in [1.165, 1.54) is 12.1 Å². The Morgan fingerprint density at radius 2 is 1.83 bits per heavy atom. The molecule has 3 N–H and O–H groups in total. The second kappa shape index (κ2) is 5.46. The molecule has 0 spiro atoms. The fourth-order valence-corrected chi connectivity index (χ4v) is 1.95. The minimum Gasteiger partial charge on any atom is -0.389 e. The molecule has 92 valence electrons. The maximum absolute atomic E-state index is 13.2. The Bertz CT molecular complexity index is 584. The van der Waals surface area contributed by atoms with Crippen LogP contribution in [0.5, 0.6) is 0 Å². The van der Waals surface area contributed by atoms with Crippen LogP contribution in [0.4, 0.5) is 15.8 Å². The van der Waals surface area contributed by atoms with Crippen molar-refractivity contribution in [2.24, 2.45) is 5.73 Å². The first-order valence-electron chi connectivity index (χ1n) is 5.18. The van der Waals surface area contributed by atoms with Gasteiger partial charge >= 0.3 is 0 Å². The van der Waals surface area contributed by atoms with E-state index in [-0.39, 0.29) is 10.8 Å². The molecule has 18 heavy (non-hydrogen) atoms. The first-order chi connectivity index (χ1) is 8.56. The fraction of sp³-hybridized carbons (Fsp3) is 0. The highest BCUT2D eigenvalue weighted by Crippen LogP contribution is 2.23. The molecule has 0 aromatic heterocycles. The van der Waals surface area contributed by atoms with Crippen LogP contribution in [-0.2, 0) is 0 Å². The van der Waals surface area contributed by atoms with Crippen LogP contribution in [0.15, 0.2) is 46.9 Å². The van der Waals surface area contributed by atoms with E-state index in [0.717, 1.165) is 10.2 Å². The summed E-state index contributed by atoms with van der Waals surface area (Å²) in [5.74, 6) is -0.362. The van der Waals surface area contributed by atoms with E-state index in [9.17, 15) is 4.39 Å². The monoisotopic (exact) mass is 324 g/mol. The summed E-state index contributed by atoms with van der Waals surface area (Å²) in [5.41, 5.74) is 7.64. The van der Waals surface area contributed by atoms with E-state index in [4.69, 9.17) is 18.0 Å². The van der Waals surface area contributed by atoms with E-state index in [0.29, 0.717) is 11.3 Å². The van der Waals surface area contributed by atoms with Crippen molar-refractivity contribution < 1.29 is 4.39 Å². The molecule has 2 aromatic carbocycles. The number of thiocarbonyl (C=S) groups is 1. The summed E-state index contributed by atoms with van der Waals surface area (Å²) in [7, 11) is 0. The Labute approximate surface area is 118 Å². The lowest BCUT2D eigenvalue weighted by Gasteiger charge is -2.11. The Morgan fingerprint density at radius 1 is 1.17 bits per heavy atom. The zero-order valence-electron chi connectivity index (χ0n) is 9.28. The van der Waals surface area contributed by atoms with E-state index >= 15 is 0 Å². The summed E-state index contributed by atoms with van der Waals surface area (Å²) < 4.78 is 14.1. The summed E-state index contributed by atoms with van der Waals surface area (Å²) in [6.45, 7) is 0. The van der Waals surface area contributed by atoms with Gasteiger partial charge in [-0.25, -0.2) is 4.39 Å². The minimum absolute atomic E-state index is 0.161. The average molecular weight is 325 g/mol. The smallest absolute Gasteiger partial charge is 0.124 e. The molecule has 0 aliphatic rings. The van der Waals surface area contributed by atoms with Crippen molar-refractivity contribution in [1.29, 1.82) is 0 Å². The standard InChI is InChI=1S/C13H10BrFN2S/c14-8-1-4-10(5-2-8)17-12-6-3-9(15)7-11(12)13(16)18/h1-7,17H,(H2,16,18). The molecule has 0 atom stereocenters. The van der Waals surface area contributed by atoms with E-state index in [1.54, 1.807) is 6.07 Å². The summed E-state index contributed by atoms with van der Waals surface area (Å²) in [6, 6.07) is 11.9. The molecule has 0 fully saturated rings. The molecule has 0 aliphatic carbocycles. The van der Waals surface area contributed by atoms with Gasteiger partial charge in [0.25, 0.3) is 0 Å². The van der Waals surface area contributed by atoms with Gasteiger partial charge in [-0.1, -0.05) is 28.1 Å². The molecular formula is C13H10BrFN2S. The molecule has 0 amide bonds. The van der Waals surface area contributed by atoms with Crippen LogP contribution in [0, 0.1) is 5.82 Å². The van der Waals surface area contributed by atoms with Gasteiger partial charge in [-0.2, -0.15) is 0 Å². The number of rotatable bonds is 3. The van der Waals surface area contributed by atoms with Gasteiger partial charge in [0.15, 0.2) is 0 Å². The van der Waals surface area contributed by atoms with Crippen molar-refractivity contribution >= 4 is 44.5 Å². The highest BCUT2D eigenvalue weighted by atomic mass is 79.9. The highest BCUT2D eigenvalue weighted by Gasteiger charge is 2.07. The van der Waals surface area contributed by atoms with Gasteiger partial charge in [-0.15, -0.1) is 0 Å². The van der Waals surface area contributed by atoms with Crippen LogP contribution < -0.4 is 11.1 Å². The van der Waals surface area contributed by atoms with Crippen molar-refractivity contribution in [3.63, 3.8) is 0 Å². The van der Waals surface area contributed by atoms with Gasteiger partial charge in [-0.3, -0.25) is 0 Å². The van der Waals surface area contributed by atoms with Gasteiger partial charge in [0.05, 0.1) is 0 Å². The molecule has 0 radical (unpaired) electrons. The van der Waals surface area contributed by atoms with Gasteiger partial charge in [0.1, 0.15) is 10.8 Å². The number of nitrogens with two attached hydrogens (primary N) is 1. The number of halogens is 2. The number of hydrogen-bond acceptors (Lipinski definition) is 2. The van der Waals surface area contributed by atoms with E-state index in [2.05, 4.69) is 21.2 Å². The van der Waals surface area contributed by atoms with E-state index in [1.807, 2.05) is 24.3 Å². The molecule has 2 rings (SSSR count). The van der Waals surface area contributed by atoms with Crippen molar-refractivity contribution in [2.75, 3.05) is 5.32 Å². The highest BCUT2D eigenvalue weighted by molar-refractivity contribution is 9.10. The number of benzene rings is 2. The predicted octanol–water partition coefficient (Wildman–Crippen LogP) is 3.97. The second-order valence-electron chi connectivity index (χ2n) is 3.69. The fourth-order valence-electron chi connectivity index (χ4n) is 1.52. The molecule has 0 saturated carbocycles. The predicted molar refractivity (Wildman–Crippen MR) is 79.7 cm³/mol. The van der Waals surface area contributed by atoms with Crippen LogP contribution >= 0.6 is 28.1 Å². The third-order valence-corrected chi connectivity index (χ3v) is 3.12. The van der Waals surface area contributed by atoms with Gasteiger partial charge in [0, 0.05) is 21.4 Å². The summed E-state index contributed by atoms with van der Waals surface area (Å²) in [6.07, 6.45) is 0. The summed E-state index contributed by atoms with van der Waals surface area (Å²) >= 11 is 8.27. The number of anilines is 2. The second-order valence-corrected chi connectivity index (χ2v) is 5.04. The molecule has 0 unspecified atom stereocenters. The van der Waals surface area contributed by atoms with Crippen LogP contribution in [-0.4, -0.2) is 4.99 Å². The molecule has 2 aromatic rings. The summed E-state index contributed by atoms with van der Waals surface area (Å²) in [5, 5.41) is 3.15. The van der Waals surface area contributed by atoms with Gasteiger partial charge < -0.3 is 11.1 Å². The van der Waals surface area contributed by atoms with Crippen molar-refractivity contribution in [1.82, 2.24) is 0 Å². The number of hydrogen-bond donors (Lipinski definition) is 2. The lowest BCUT2D eigenvalue weighted by atomic mass is 10.1. The Morgan fingerprint density at radius 3 is 2.44 bits per heavy atom. The van der Waals surface area contributed by atoms with Crippen LogP contribution in [0.25, 0.3) is 0 Å². The van der Waals surface area contributed by atoms with Crippen molar-refractivity contribution in [2.45, 2.75) is 0 Å². The Balaban J connectivity index is 2.34. The zero-order chi connectivity index (χ0) is 13.1. The van der Waals surface area contributed by atoms with E-state index < -0.39 is 0 Å². The normalized spacial score (nSPS) is 10.1. The van der Waals surface area contributed by atoms with Crippen LogP contribution in [0.3, 0.4) is 0 Å². The molecule has 5 heteroatoms. The number of nitrogens with one attached hydrogen (secondary N) is 1. The minimum atomic E-state index is -0.362. The first-order valence-corrected chi connectivity index (χ1v) is 6.38. The van der Waals surface area contributed by atoms with Crippen LogP contribution in [0.1, 0.15) is 5.56 Å². The van der Waals surface area contributed by atoms with Crippen molar-refractivity contribution in [3.05, 3.63) is 58.3 Å². The SMILES string of the molecule is NC(=S)c1cc(F)ccc1Nc1ccc(Br)cc1. The molecular weight excluding hydrogens is 315 g/mol. The van der Waals surface area contributed by atoms with Crippen molar-refractivity contribution in [3.8, 4) is 0 Å².